The molecule has 0 aliphatic carbocycles. The van der Waals surface area contributed by atoms with Crippen LogP contribution in [-0.4, -0.2) is 72.5 Å². The lowest BCUT2D eigenvalue weighted by atomic mass is 10.0. The zero-order valence-electron chi connectivity index (χ0n) is 19.1. The van der Waals surface area contributed by atoms with Crippen molar-refractivity contribution in [3.63, 3.8) is 0 Å². The number of hydrogen-bond donors (Lipinski definition) is 0. The van der Waals surface area contributed by atoms with Gasteiger partial charge in [0.1, 0.15) is 19.0 Å². The van der Waals surface area contributed by atoms with Crippen LogP contribution in [0.2, 0.25) is 0 Å². The van der Waals surface area contributed by atoms with Gasteiger partial charge in [0, 0.05) is 57.5 Å². The summed E-state index contributed by atoms with van der Waals surface area (Å²) in [5.41, 5.74) is 2.63. The van der Waals surface area contributed by atoms with Crippen molar-refractivity contribution in [2.75, 3.05) is 51.9 Å². The topological polar surface area (TPSA) is 82.0 Å². The second-order valence-electron chi connectivity index (χ2n) is 8.48. The molecule has 0 amide bonds. The molecule has 1 fully saturated rings. The highest BCUT2D eigenvalue weighted by molar-refractivity contribution is 5.75. The third kappa shape index (κ3) is 4.45. The Bertz CT molecular complexity index is 1190. The van der Waals surface area contributed by atoms with Crippen LogP contribution in [0.4, 0.5) is 5.69 Å². The number of anilines is 1. The van der Waals surface area contributed by atoms with Crippen molar-refractivity contribution in [1.82, 2.24) is 19.4 Å². The normalized spacial score (nSPS) is 16.7. The molecule has 9 nitrogen and oxygen atoms in total. The standard InChI is InChI=1S/C24H29N5O4/c1-27(18-13-22-24(26-15-18)33-12-11-32-22)17-5-7-28(8-6-17)9-10-29-21-14-19(31-2)16-25-20(21)3-4-23(29)30/h3-4,13-17H,5-12H2,1-2H3. The number of aromatic nitrogens is 3. The van der Waals surface area contributed by atoms with Gasteiger partial charge in [0.15, 0.2) is 5.75 Å². The third-order valence-electron chi connectivity index (χ3n) is 6.58. The molecule has 0 N–H and O–H groups in total. The molecule has 0 saturated carbocycles. The molecule has 3 aromatic heterocycles. The van der Waals surface area contributed by atoms with Crippen molar-refractivity contribution < 1.29 is 14.2 Å². The van der Waals surface area contributed by atoms with E-state index >= 15 is 0 Å². The van der Waals surface area contributed by atoms with Gasteiger partial charge in [-0.2, -0.15) is 0 Å². The monoisotopic (exact) mass is 451 g/mol. The third-order valence-corrected chi connectivity index (χ3v) is 6.58. The molecule has 5 heterocycles. The molecular weight excluding hydrogens is 422 g/mol. The maximum Gasteiger partial charge on any atom is 0.257 e. The van der Waals surface area contributed by atoms with Crippen molar-refractivity contribution in [3.05, 3.63) is 47.0 Å². The lowest BCUT2D eigenvalue weighted by Gasteiger charge is -2.38. The number of rotatable bonds is 6. The summed E-state index contributed by atoms with van der Waals surface area (Å²) in [6, 6.07) is 7.68. The molecule has 33 heavy (non-hydrogen) atoms. The SMILES string of the molecule is COc1cnc2ccc(=O)n(CCN3CCC(N(C)c4cnc5c(c4)OCCO5)CC3)c2c1. The Balaban J connectivity index is 1.21. The van der Waals surface area contributed by atoms with Crippen LogP contribution < -0.4 is 24.7 Å². The summed E-state index contributed by atoms with van der Waals surface area (Å²) < 4.78 is 18.3. The van der Waals surface area contributed by atoms with E-state index in [1.54, 1.807) is 30.0 Å². The number of piperidine rings is 1. The zero-order valence-corrected chi connectivity index (χ0v) is 19.1. The van der Waals surface area contributed by atoms with Gasteiger partial charge in [-0.3, -0.25) is 9.78 Å². The number of nitrogens with zero attached hydrogens (tertiary/aromatic N) is 5. The van der Waals surface area contributed by atoms with Crippen LogP contribution in [0.25, 0.3) is 11.0 Å². The van der Waals surface area contributed by atoms with Gasteiger partial charge in [-0.05, 0) is 18.9 Å². The van der Waals surface area contributed by atoms with Gasteiger partial charge in [0.25, 0.3) is 11.4 Å². The first-order valence-corrected chi connectivity index (χ1v) is 11.4. The van der Waals surface area contributed by atoms with E-state index in [0.717, 1.165) is 54.9 Å². The second kappa shape index (κ2) is 9.27. The number of likely N-dealkylation sites (tertiary alicyclic amines) is 1. The molecule has 2 aliphatic heterocycles. The largest absolute Gasteiger partial charge is 0.495 e. The molecule has 0 spiro atoms. The predicted molar refractivity (Wildman–Crippen MR) is 126 cm³/mol. The van der Waals surface area contributed by atoms with Crippen molar-refractivity contribution in [2.24, 2.45) is 0 Å². The quantitative estimate of drug-likeness (QED) is 0.564. The molecule has 2 aliphatic rings. The van der Waals surface area contributed by atoms with Crippen molar-refractivity contribution in [2.45, 2.75) is 25.4 Å². The molecule has 0 atom stereocenters. The van der Waals surface area contributed by atoms with Gasteiger partial charge in [-0.15, -0.1) is 0 Å². The Kier molecular flexibility index (Phi) is 6.04. The van der Waals surface area contributed by atoms with Gasteiger partial charge < -0.3 is 28.6 Å². The summed E-state index contributed by atoms with van der Waals surface area (Å²) in [4.78, 5) is 26.1. The van der Waals surface area contributed by atoms with Gasteiger partial charge in [-0.25, -0.2) is 4.98 Å². The summed E-state index contributed by atoms with van der Waals surface area (Å²) in [5, 5.41) is 0. The van der Waals surface area contributed by atoms with E-state index in [2.05, 4.69) is 26.8 Å². The van der Waals surface area contributed by atoms with E-state index in [1.807, 2.05) is 18.3 Å². The zero-order chi connectivity index (χ0) is 22.8. The Morgan fingerprint density at radius 1 is 1.09 bits per heavy atom. The summed E-state index contributed by atoms with van der Waals surface area (Å²) >= 11 is 0. The van der Waals surface area contributed by atoms with Crippen LogP contribution in [0.1, 0.15) is 12.8 Å². The van der Waals surface area contributed by atoms with Gasteiger partial charge in [-0.1, -0.05) is 0 Å². The van der Waals surface area contributed by atoms with Crippen molar-refractivity contribution in [3.8, 4) is 17.4 Å². The minimum atomic E-state index is -0.0155. The van der Waals surface area contributed by atoms with E-state index in [4.69, 9.17) is 14.2 Å². The molecule has 9 heteroatoms. The molecule has 5 rings (SSSR count). The Morgan fingerprint density at radius 3 is 2.73 bits per heavy atom. The minimum absolute atomic E-state index is 0.0155. The summed E-state index contributed by atoms with van der Waals surface area (Å²) in [7, 11) is 3.72. The van der Waals surface area contributed by atoms with Crippen LogP contribution in [-0.2, 0) is 6.54 Å². The summed E-state index contributed by atoms with van der Waals surface area (Å²) in [5.74, 6) is 1.94. The van der Waals surface area contributed by atoms with Crippen LogP contribution in [0, 0.1) is 0 Å². The smallest absolute Gasteiger partial charge is 0.257 e. The molecule has 1 saturated heterocycles. The fourth-order valence-electron chi connectivity index (χ4n) is 4.59. The Hall–Kier alpha value is -3.33. The highest BCUT2D eigenvalue weighted by Gasteiger charge is 2.24. The number of hydrogen-bond acceptors (Lipinski definition) is 8. The second-order valence-corrected chi connectivity index (χ2v) is 8.48. The molecule has 0 radical (unpaired) electrons. The van der Waals surface area contributed by atoms with E-state index in [9.17, 15) is 4.79 Å². The molecule has 0 aromatic carbocycles. The molecule has 3 aromatic rings. The van der Waals surface area contributed by atoms with E-state index in [0.29, 0.717) is 37.4 Å². The van der Waals surface area contributed by atoms with E-state index < -0.39 is 0 Å². The Morgan fingerprint density at radius 2 is 1.91 bits per heavy atom. The minimum Gasteiger partial charge on any atom is -0.495 e. The molecular formula is C24H29N5O4. The lowest BCUT2D eigenvalue weighted by Crippen LogP contribution is -2.44. The maximum atomic E-state index is 12.6. The van der Waals surface area contributed by atoms with Crippen molar-refractivity contribution in [1.29, 1.82) is 0 Å². The van der Waals surface area contributed by atoms with Crippen LogP contribution in [0.5, 0.6) is 17.4 Å². The fraction of sp³-hybridized carbons (Fsp3) is 0.458. The predicted octanol–water partition coefficient (Wildman–Crippen LogP) is 2.17. The summed E-state index contributed by atoms with van der Waals surface area (Å²) in [6.45, 7) is 4.50. The average Bonchev–Trinajstić information content (AvgIpc) is 2.87. The highest BCUT2D eigenvalue weighted by atomic mass is 16.6. The average molecular weight is 452 g/mol. The highest BCUT2D eigenvalue weighted by Crippen LogP contribution is 2.32. The first-order chi connectivity index (χ1) is 16.1. The first-order valence-electron chi connectivity index (χ1n) is 11.4. The number of fused-ring (bicyclic) bond motifs is 2. The van der Waals surface area contributed by atoms with E-state index in [-0.39, 0.29) is 5.56 Å². The van der Waals surface area contributed by atoms with Gasteiger partial charge >= 0.3 is 0 Å². The number of methoxy groups -OCH3 is 1. The Labute approximate surface area is 192 Å². The van der Waals surface area contributed by atoms with Crippen LogP contribution >= 0.6 is 0 Å². The van der Waals surface area contributed by atoms with Crippen molar-refractivity contribution >= 4 is 16.7 Å². The van der Waals surface area contributed by atoms with E-state index in [1.165, 1.54) is 0 Å². The number of pyridine rings is 3. The molecule has 0 bridgehead atoms. The lowest BCUT2D eigenvalue weighted by molar-refractivity contribution is 0.164. The molecule has 0 unspecified atom stereocenters. The van der Waals surface area contributed by atoms with Crippen LogP contribution in [0.15, 0.2) is 41.5 Å². The number of ether oxygens (including phenoxy) is 3. The molecule has 174 valence electrons. The van der Waals surface area contributed by atoms with Gasteiger partial charge in [0.2, 0.25) is 0 Å². The fourth-order valence-corrected chi connectivity index (χ4v) is 4.59. The maximum absolute atomic E-state index is 12.6. The summed E-state index contributed by atoms with van der Waals surface area (Å²) in [6.07, 6.45) is 5.63. The first kappa shape index (κ1) is 21.5. The van der Waals surface area contributed by atoms with Gasteiger partial charge in [0.05, 0.1) is 36.2 Å². The van der Waals surface area contributed by atoms with Crippen LogP contribution in [0.3, 0.4) is 0 Å².